The monoisotopic (exact) mass is 381 g/mol. The Balaban J connectivity index is 1.63. The zero-order valence-electron chi connectivity index (χ0n) is 15.3. The van der Waals surface area contributed by atoms with Gasteiger partial charge in [0, 0.05) is 42.6 Å². The van der Waals surface area contributed by atoms with Gasteiger partial charge in [-0.15, -0.1) is 6.58 Å². The maximum Gasteiger partial charge on any atom is 0.225 e. The molecule has 2 atom stereocenters. The van der Waals surface area contributed by atoms with Crippen LogP contribution < -0.4 is 15.1 Å². The predicted molar refractivity (Wildman–Crippen MR) is 112 cm³/mol. The Morgan fingerprint density at radius 1 is 1.19 bits per heavy atom. The van der Waals surface area contributed by atoms with E-state index in [1.807, 2.05) is 12.1 Å². The third kappa shape index (κ3) is 3.54. The minimum absolute atomic E-state index is 0.0741. The summed E-state index contributed by atoms with van der Waals surface area (Å²) in [4.78, 5) is 17.7. The molecular weight excluding hydrogens is 358 g/mol. The van der Waals surface area contributed by atoms with Crippen LogP contribution in [0.3, 0.4) is 0 Å². The highest BCUT2D eigenvalue weighted by atomic mass is 35.5. The van der Waals surface area contributed by atoms with E-state index < -0.39 is 0 Å². The molecule has 0 aliphatic carbocycles. The maximum absolute atomic E-state index is 12.9. The van der Waals surface area contributed by atoms with Crippen molar-refractivity contribution in [2.75, 3.05) is 36.0 Å². The van der Waals surface area contributed by atoms with Crippen LogP contribution in [0, 0.1) is 5.92 Å². The van der Waals surface area contributed by atoms with Crippen LogP contribution >= 0.6 is 11.6 Å². The van der Waals surface area contributed by atoms with E-state index >= 15 is 0 Å². The largest absolute Gasteiger partial charge is 0.368 e. The van der Waals surface area contributed by atoms with Crippen molar-refractivity contribution in [1.82, 2.24) is 5.32 Å². The van der Waals surface area contributed by atoms with Gasteiger partial charge in [-0.3, -0.25) is 4.79 Å². The predicted octanol–water partition coefficient (Wildman–Crippen LogP) is 3.51. The number of nitrogens with zero attached hydrogens (tertiary/aromatic N) is 2. The molecule has 1 N–H and O–H groups in total. The van der Waals surface area contributed by atoms with Crippen molar-refractivity contribution in [2.45, 2.75) is 12.5 Å². The molecule has 27 heavy (non-hydrogen) atoms. The van der Waals surface area contributed by atoms with E-state index in [0.717, 1.165) is 36.8 Å². The maximum atomic E-state index is 12.9. The van der Waals surface area contributed by atoms with Gasteiger partial charge in [0.1, 0.15) is 0 Å². The molecule has 0 spiro atoms. The molecule has 0 bridgehead atoms. The Hall–Kier alpha value is -2.46. The van der Waals surface area contributed by atoms with Crippen LogP contribution in [-0.4, -0.2) is 38.1 Å². The number of carbonyl (C=O) groups is 1. The lowest BCUT2D eigenvalue weighted by Crippen LogP contribution is -2.61. The van der Waals surface area contributed by atoms with Crippen molar-refractivity contribution in [3.63, 3.8) is 0 Å². The van der Waals surface area contributed by atoms with Gasteiger partial charge < -0.3 is 15.1 Å². The summed E-state index contributed by atoms with van der Waals surface area (Å²) in [5.41, 5.74) is 3.68. The second kappa shape index (κ2) is 7.65. The molecule has 140 valence electrons. The molecule has 5 heteroatoms. The Morgan fingerprint density at radius 2 is 1.96 bits per heavy atom. The van der Waals surface area contributed by atoms with Gasteiger partial charge in [0.15, 0.2) is 0 Å². The molecule has 0 radical (unpaired) electrons. The van der Waals surface area contributed by atoms with Gasteiger partial charge in [0.05, 0.1) is 12.0 Å². The molecule has 2 aliphatic heterocycles. The van der Waals surface area contributed by atoms with Crippen molar-refractivity contribution < 1.29 is 4.79 Å². The van der Waals surface area contributed by atoms with E-state index in [1.54, 1.807) is 6.08 Å². The van der Waals surface area contributed by atoms with E-state index in [2.05, 4.69) is 58.1 Å². The molecular formula is C22H24ClN3O. The second-order valence-electron chi connectivity index (χ2n) is 7.16. The highest BCUT2D eigenvalue weighted by molar-refractivity contribution is 6.30. The number of fused-ring (bicyclic) bond motifs is 3. The third-order valence-electron chi connectivity index (χ3n) is 5.57. The van der Waals surface area contributed by atoms with Gasteiger partial charge in [0.2, 0.25) is 5.91 Å². The minimum atomic E-state index is -0.0741. The zero-order chi connectivity index (χ0) is 18.8. The minimum Gasteiger partial charge on any atom is -0.368 e. The number of hydrogen-bond acceptors (Lipinski definition) is 3. The Labute approximate surface area is 165 Å². The third-order valence-corrected chi connectivity index (χ3v) is 5.83. The lowest BCUT2D eigenvalue weighted by atomic mass is 9.83. The smallest absolute Gasteiger partial charge is 0.225 e. The average molecular weight is 382 g/mol. The topological polar surface area (TPSA) is 35.6 Å². The van der Waals surface area contributed by atoms with Crippen LogP contribution in [0.25, 0.3) is 0 Å². The first-order valence-corrected chi connectivity index (χ1v) is 9.79. The number of carbonyl (C=O) groups excluding carboxylic acids is 1. The molecule has 2 aliphatic rings. The summed E-state index contributed by atoms with van der Waals surface area (Å²) in [6, 6.07) is 16.6. The SMILES string of the molecule is C=CCNC(=O)[C@H]1Cc2ccccc2N2CCN(c3ccc(Cl)cc3)C[C@H]12. The number of rotatable bonds is 4. The van der Waals surface area contributed by atoms with Gasteiger partial charge in [-0.05, 0) is 42.3 Å². The number of benzene rings is 2. The number of hydrogen-bond donors (Lipinski definition) is 1. The molecule has 4 nitrogen and oxygen atoms in total. The van der Waals surface area contributed by atoms with E-state index in [4.69, 9.17) is 11.6 Å². The van der Waals surface area contributed by atoms with Crippen molar-refractivity contribution in [2.24, 2.45) is 5.92 Å². The summed E-state index contributed by atoms with van der Waals surface area (Å²) < 4.78 is 0. The van der Waals surface area contributed by atoms with Gasteiger partial charge in [-0.25, -0.2) is 0 Å². The molecule has 1 fully saturated rings. The van der Waals surface area contributed by atoms with Gasteiger partial charge >= 0.3 is 0 Å². The number of halogens is 1. The van der Waals surface area contributed by atoms with Crippen LogP contribution in [0.1, 0.15) is 5.56 Å². The number of anilines is 2. The van der Waals surface area contributed by atoms with Crippen LogP contribution in [-0.2, 0) is 11.2 Å². The fraction of sp³-hybridized carbons (Fsp3) is 0.318. The summed E-state index contributed by atoms with van der Waals surface area (Å²) in [6.07, 6.45) is 2.50. The van der Waals surface area contributed by atoms with Gasteiger partial charge in [-0.1, -0.05) is 35.9 Å². The van der Waals surface area contributed by atoms with Crippen molar-refractivity contribution in [1.29, 1.82) is 0 Å². The summed E-state index contributed by atoms with van der Waals surface area (Å²) in [7, 11) is 0. The summed E-state index contributed by atoms with van der Waals surface area (Å²) in [5, 5.41) is 3.75. The quantitative estimate of drug-likeness (QED) is 0.823. The van der Waals surface area contributed by atoms with E-state index in [9.17, 15) is 4.79 Å². The summed E-state index contributed by atoms with van der Waals surface area (Å²) in [5.74, 6) is 0.0345. The molecule has 1 saturated heterocycles. The molecule has 0 aromatic heterocycles. The van der Waals surface area contributed by atoms with E-state index in [-0.39, 0.29) is 17.9 Å². The lowest BCUT2D eigenvalue weighted by molar-refractivity contribution is -0.125. The van der Waals surface area contributed by atoms with Crippen LogP contribution in [0.4, 0.5) is 11.4 Å². The van der Waals surface area contributed by atoms with Crippen molar-refractivity contribution >= 4 is 28.9 Å². The van der Waals surface area contributed by atoms with E-state index in [0.29, 0.717) is 6.54 Å². The zero-order valence-corrected chi connectivity index (χ0v) is 16.0. The van der Waals surface area contributed by atoms with Crippen LogP contribution in [0.15, 0.2) is 61.2 Å². The Morgan fingerprint density at radius 3 is 2.74 bits per heavy atom. The standard InChI is InChI=1S/C22H24ClN3O/c1-2-11-24-22(27)19-14-16-5-3-4-6-20(16)26-13-12-25(15-21(19)26)18-9-7-17(23)8-10-18/h2-10,19,21H,1,11-15H2,(H,24,27)/t19-,21+/m0/s1. The Bertz CT molecular complexity index is 836. The second-order valence-corrected chi connectivity index (χ2v) is 7.59. The highest BCUT2D eigenvalue weighted by Gasteiger charge is 2.41. The molecule has 2 aromatic rings. The van der Waals surface area contributed by atoms with Gasteiger partial charge in [-0.2, -0.15) is 0 Å². The van der Waals surface area contributed by atoms with Crippen molar-refractivity contribution in [3.8, 4) is 0 Å². The Kier molecular flexibility index (Phi) is 5.08. The number of nitrogens with one attached hydrogen (secondary N) is 1. The normalized spacial score (nSPS) is 21.2. The first-order valence-electron chi connectivity index (χ1n) is 9.41. The fourth-order valence-electron chi connectivity index (χ4n) is 4.25. The number of para-hydroxylation sites is 1. The lowest BCUT2D eigenvalue weighted by Gasteiger charge is -2.49. The first-order chi connectivity index (χ1) is 13.2. The molecule has 0 unspecified atom stereocenters. The van der Waals surface area contributed by atoms with Crippen LogP contribution in [0.5, 0.6) is 0 Å². The molecule has 1 amide bonds. The molecule has 0 saturated carbocycles. The highest BCUT2D eigenvalue weighted by Crippen LogP contribution is 2.37. The van der Waals surface area contributed by atoms with Gasteiger partial charge in [0.25, 0.3) is 0 Å². The molecule has 2 heterocycles. The molecule has 4 rings (SSSR count). The van der Waals surface area contributed by atoms with Crippen LogP contribution in [0.2, 0.25) is 5.02 Å². The molecule has 2 aromatic carbocycles. The average Bonchev–Trinajstić information content (AvgIpc) is 2.71. The summed E-state index contributed by atoms with van der Waals surface area (Å²) >= 11 is 6.04. The summed E-state index contributed by atoms with van der Waals surface area (Å²) in [6.45, 7) is 6.86. The van der Waals surface area contributed by atoms with E-state index in [1.165, 1.54) is 11.3 Å². The number of amides is 1. The fourth-order valence-corrected chi connectivity index (χ4v) is 4.37. The number of piperazine rings is 1. The first kappa shape index (κ1) is 17.9. The van der Waals surface area contributed by atoms with Crippen molar-refractivity contribution in [3.05, 3.63) is 71.8 Å².